The maximum absolute atomic E-state index is 14.4. The van der Waals surface area contributed by atoms with Crippen LogP contribution in [0.25, 0.3) is 0 Å². The first kappa shape index (κ1) is 15.1. The Bertz CT molecular complexity index is 862. The Labute approximate surface area is 138 Å². The molecule has 0 spiro atoms. The van der Waals surface area contributed by atoms with Crippen LogP contribution in [-0.4, -0.2) is 22.3 Å². The van der Waals surface area contributed by atoms with Crippen molar-refractivity contribution in [1.82, 2.24) is 15.5 Å². The number of amides is 1. The number of alkyl halides is 1. The van der Waals surface area contributed by atoms with E-state index in [0.29, 0.717) is 12.0 Å². The third-order valence-corrected chi connectivity index (χ3v) is 4.94. The van der Waals surface area contributed by atoms with Gasteiger partial charge < -0.3 is 5.32 Å². The average molecular weight is 327 g/mol. The van der Waals surface area contributed by atoms with Gasteiger partial charge in [-0.1, -0.05) is 24.3 Å². The molecular formula is C18H18FN3O2. The molecule has 6 heteroatoms. The number of nitrogens with zero attached hydrogens (tertiary/aromatic N) is 1. The smallest absolute Gasteiger partial charge is 0.277 e. The van der Waals surface area contributed by atoms with Gasteiger partial charge in [-0.25, -0.2) is 9.49 Å². The highest BCUT2D eigenvalue weighted by molar-refractivity contribution is 5.96. The Kier molecular flexibility index (Phi) is 3.67. The third kappa shape index (κ3) is 2.42. The van der Waals surface area contributed by atoms with Crippen molar-refractivity contribution in [2.75, 3.05) is 0 Å². The average Bonchev–Trinajstić information content (AvgIpc) is 2.90. The van der Waals surface area contributed by atoms with E-state index in [0.717, 1.165) is 36.1 Å². The first-order valence-corrected chi connectivity index (χ1v) is 8.28. The van der Waals surface area contributed by atoms with Crippen molar-refractivity contribution < 1.29 is 9.18 Å². The zero-order valence-electron chi connectivity index (χ0n) is 13.1. The minimum Gasteiger partial charge on any atom is -0.342 e. The first-order valence-electron chi connectivity index (χ1n) is 8.28. The van der Waals surface area contributed by atoms with Crippen LogP contribution in [0.4, 0.5) is 4.39 Å². The molecule has 0 saturated heterocycles. The van der Waals surface area contributed by atoms with Gasteiger partial charge in [0, 0.05) is 6.42 Å². The van der Waals surface area contributed by atoms with E-state index in [9.17, 15) is 14.0 Å². The van der Waals surface area contributed by atoms with Crippen LogP contribution in [0.3, 0.4) is 0 Å². The molecule has 2 aliphatic rings. The number of aromatic amines is 1. The molecule has 0 radical (unpaired) electrons. The molecule has 2 atom stereocenters. The Balaban J connectivity index is 1.68. The summed E-state index contributed by atoms with van der Waals surface area (Å²) in [7, 11) is 0. The topological polar surface area (TPSA) is 74.8 Å². The number of aromatic nitrogens is 2. The minimum atomic E-state index is -1.18. The summed E-state index contributed by atoms with van der Waals surface area (Å²) in [6.45, 7) is 0. The normalized spacial score (nSPS) is 21.9. The van der Waals surface area contributed by atoms with E-state index in [4.69, 9.17) is 0 Å². The second-order valence-electron chi connectivity index (χ2n) is 6.43. The number of nitrogens with one attached hydrogen (secondary N) is 2. The van der Waals surface area contributed by atoms with Gasteiger partial charge in [-0.05, 0) is 42.4 Å². The van der Waals surface area contributed by atoms with Gasteiger partial charge in [0.2, 0.25) is 0 Å². The third-order valence-electron chi connectivity index (χ3n) is 4.94. The van der Waals surface area contributed by atoms with Crippen LogP contribution in [0.5, 0.6) is 0 Å². The highest BCUT2D eigenvalue weighted by atomic mass is 19.1. The lowest BCUT2D eigenvalue weighted by molar-refractivity contribution is 0.0911. The molecule has 1 aromatic heterocycles. The van der Waals surface area contributed by atoms with Gasteiger partial charge in [-0.15, -0.1) is 0 Å². The van der Waals surface area contributed by atoms with Gasteiger partial charge in [0.05, 0.1) is 11.7 Å². The number of fused-ring (bicyclic) bond motifs is 2. The highest BCUT2D eigenvalue weighted by Gasteiger charge is 2.34. The summed E-state index contributed by atoms with van der Waals surface area (Å²) >= 11 is 0. The van der Waals surface area contributed by atoms with E-state index in [1.807, 2.05) is 24.3 Å². The van der Waals surface area contributed by atoms with E-state index in [1.54, 1.807) is 0 Å². The number of carbonyl (C=O) groups excluding carboxylic acids is 1. The molecule has 0 saturated carbocycles. The SMILES string of the molecule is O=C(N[C@H]1c2ccccc2C[C@H]1F)c1c2c(n[nH]c1=O)CCCC2. The number of aryl methyl sites for hydroxylation is 1. The predicted octanol–water partition coefficient (Wildman–Crippen LogP) is 2.01. The van der Waals surface area contributed by atoms with E-state index in [1.165, 1.54) is 0 Å². The quantitative estimate of drug-likeness (QED) is 0.886. The summed E-state index contributed by atoms with van der Waals surface area (Å²) in [5, 5.41) is 9.19. The molecule has 1 amide bonds. The van der Waals surface area contributed by atoms with Crippen molar-refractivity contribution in [2.45, 2.75) is 44.3 Å². The molecule has 2 N–H and O–H groups in total. The van der Waals surface area contributed by atoms with Gasteiger partial charge in [-0.2, -0.15) is 5.10 Å². The number of halogens is 1. The number of carbonyl (C=O) groups is 1. The van der Waals surface area contributed by atoms with Crippen molar-refractivity contribution in [1.29, 1.82) is 0 Å². The fraction of sp³-hybridized carbons (Fsp3) is 0.389. The molecule has 0 fully saturated rings. The molecular weight excluding hydrogens is 309 g/mol. The van der Waals surface area contributed by atoms with Crippen molar-refractivity contribution >= 4 is 5.91 Å². The number of hydrogen-bond acceptors (Lipinski definition) is 3. The number of benzene rings is 1. The monoisotopic (exact) mass is 327 g/mol. The van der Waals surface area contributed by atoms with Crippen LogP contribution in [0, 0.1) is 0 Å². The maximum atomic E-state index is 14.4. The van der Waals surface area contributed by atoms with Crippen LogP contribution in [0.1, 0.15) is 51.6 Å². The highest BCUT2D eigenvalue weighted by Crippen LogP contribution is 2.33. The summed E-state index contributed by atoms with van der Waals surface area (Å²) in [6.07, 6.45) is 2.45. The van der Waals surface area contributed by atoms with Gasteiger partial charge in [0.25, 0.3) is 11.5 Å². The lowest BCUT2D eigenvalue weighted by Crippen LogP contribution is -2.37. The predicted molar refractivity (Wildman–Crippen MR) is 86.7 cm³/mol. The molecule has 1 aromatic carbocycles. The largest absolute Gasteiger partial charge is 0.342 e. The van der Waals surface area contributed by atoms with Gasteiger partial charge >= 0.3 is 0 Å². The zero-order valence-corrected chi connectivity index (χ0v) is 13.1. The van der Waals surface area contributed by atoms with Crippen molar-refractivity contribution in [3.8, 4) is 0 Å². The Morgan fingerprint density at radius 2 is 2.04 bits per heavy atom. The lowest BCUT2D eigenvalue weighted by atomic mass is 9.92. The fourth-order valence-electron chi connectivity index (χ4n) is 3.76. The van der Waals surface area contributed by atoms with Gasteiger partial charge in [-0.3, -0.25) is 9.59 Å². The second kappa shape index (κ2) is 5.85. The van der Waals surface area contributed by atoms with Gasteiger partial charge in [0.15, 0.2) is 0 Å². The second-order valence-corrected chi connectivity index (χ2v) is 6.43. The van der Waals surface area contributed by atoms with Crippen LogP contribution in [0.2, 0.25) is 0 Å². The summed E-state index contributed by atoms with van der Waals surface area (Å²) in [5.41, 5.74) is 2.77. The van der Waals surface area contributed by atoms with Crippen molar-refractivity contribution in [3.63, 3.8) is 0 Å². The molecule has 124 valence electrons. The molecule has 2 aromatic rings. The Morgan fingerprint density at radius 1 is 1.25 bits per heavy atom. The van der Waals surface area contributed by atoms with Crippen LogP contribution in [0.15, 0.2) is 29.1 Å². The summed E-state index contributed by atoms with van der Waals surface area (Å²) < 4.78 is 14.4. The van der Waals surface area contributed by atoms with Crippen LogP contribution in [-0.2, 0) is 19.3 Å². The van der Waals surface area contributed by atoms with E-state index >= 15 is 0 Å². The van der Waals surface area contributed by atoms with E-state index < -0.39 is 23.7 Å². The molecule has 0 bridgehead atoms. The Morgan fingerprint density at radius 3 is 2.92 bits per heavy atom. The molecule has 2 aliphatic carbocycles. The maximum Gasteiger partial charge on any atom is 0.277 e. The van der Waals surface area contributed by atoms with Crippen LogP contribution >= 0.6 is 0 Å². The first-order chi connectivity index (χ1) is 11.6. The number of hydrogen-bond donors (Lipinski definition) is 2. The summed E-state index contributed by atoms with van der Waals surface area (Å²) in [5.74, 6) is -0.513. The molecule has 4 rings (SSSR count). The van der Waals surface area contributed by atoms with E-state index in [2.05, 4.69) is 15.5 Å². The fourth-order valence-corrected chi connectivity index (χ4v) is 3.76. The van der Waals surface area contributed by atoms with Crippen LogP contribution < -0.4 is 10.9 Å². The molecule has 5 nitrogen and oxygen atoms in total. The summed E-state index contributed by atoms with van der Waals surface area (Å²) in [6, 6.07) is 6.68. The standard InChI is InChI=1S/C18H18FN3O2/c19-13-9-10-5-1-2-6-11(10)16(13)20-17(23)15-12-7-3-4-8-14(12)21-22-18(15)24/h1-2,5-6,13,16H,3-4,7-9H2,(H,20,23)(H,22,24)/t13-,16+/m1/s1. The Hall–Kier alpha value is -2.50. The lowest BCUT2D eigenvalue weighted by Gasteiger charge is -2.20. The molecule has 1 heterocycles. The van der Waals surface area contributed by atoms with Gasteiger partial charge in [0.1, 0.15) is 11.7 Å². The number of rotatable bonds is 2. The minimum absolute atomic E-state index is 0.0938. The van der Waals surface area contributed by atoms with Crippen molar-refractivity contribution in [3.05, 3.63) is 62.6 Å². The molecule has 0 unspecified atom stereocenters. The molecule has 0 aliphatic heterocycles. The zero-order chi connectivity index (χ0) is 16.7. The summed E-state index contributed by atoms with van der Waals surface area (Å²) in [4.78, 5) is 24.9. The van der Waals surface area contributed by atoms with E-state index in [-0.39, 0.29) is 12.0 Å². The van der Waals surface area contributed by atoms with Crippen molar-refractivity contribution in [2.24, 2.45) is 0 Å². The number of H-pyrrole nitrogens is 1. The molecule has 24 heavy (non-hydrogen) atoms.